The first-order valence-corrected chi connectivity index (χ1v) is 10.5. The van der Waals surface area contributed by atoms with Crippen molar-refractivity contribution < 1.29 is 23.9 Å². The Kier molecular flexibility index (Phi) is 5.69. The van der Waals surface area contributed by atoms with Crippen molar-refractivity contribution in [3.05, 3.63) is 23.8 Å². The quantitative estimate of drug-likeness (QED) is 0.811. The minimum absolute atomic E-state index is 0.00146. The monoisotopic (exact) mass is 415 g/mol. The summed E-state index contributed by atoms with van der Waals surface area (Å²) in [5, 5.41) is 2.89. The van der Waals surface area contributed by atoms with Gasteiger partial charge in [-0.05, 0) is 43.9 Å². The maximum Gasteiger partial charge on any atom is 0.257 e. The average molecular weight is 415 g/mol. The molecular weight excluding hydrogens is 386 g/mol. The molecule has 3 amide bonds. The zero-order chi connectivity index (χ0) is 21.4. The van der Waals surface area contributed by atoms with E-state index in [1.54, 1.807) is 49.1 Å². The Morgan fingerprint density at radius 1 is 1.20 bits per heavy atom. The number of likely N-dealkylation sites (N-methyl/N-ethyl adjacent to an activating group) is 1. The molecule has 162 valence electrons. The number of nitrogens with one attached hydrogen (secondary N) is 1. The van der Waals surface area contributed by atoms with Crippen LogP contribution in [0, 0.1) is 5.92 Å². The first-order valence-electron chi connectivity index (χ1n) is 10.5. The highest BCUT2D eigenvalue weighted by molar-refractivity contribution is 6.00. The molecule has 30 heavy (non-hydrogen) atoms. The van der Waals surface area contributed by atoms with Crippen molar-refractivity contribution in [3.8, 4) is 5.75 Å². The molecule has 0 radical (unpaired) electrons. The van der Waals surface area contributed by atoms with E-state index in [2.05, 4.69) is 5.32 Å². The van der Waals surface area contributed by atoms with Crippen LogP contribution in [0.5, 0.6) is 5.75 Å². The van der Waals surface area contributed by atoms with Crippen molar-refractivity contribution >= 4 is 23.4 Å². The topological polar surface area (TPSA) is 88.2 Å². The minimum Gasteiger partial charge on any atom is -0.490 e. The zero-order valence-electron chi connectivity index (χ0n) is 17.7. The molecule has 3 atom stereocenters. The number of anilines is 1. The lowest BCUT2D eigenvalue weighted by Crippen LogP contribution is -2.53. The summed E-state index contributed by atoms with van der Waals surface area (Å²) in [4.78, 5) is 40.6. The van der Waals surface area contributed by atoms with Crippen LogP contribution in [-0.4, -0.2) is 73.5 Å². The van der Waals surface area contributed by atoms with Gasteiger partial charge in [-0.1, -0.05) is 0 Å². The Morgan fingerprint density at radius 2 is 1.97 bits per heavy atom. The number of carbonyl (C=O) groups is 3. The number of ether oxygens (including phenoxy) is 2. The highest BCUT2D eigenvalue weighted by atomic mass is 16.5. The van der Waals surface area contributed by atoms with Crippen LogP contribution in [0.15, 0.2) is 18.2 Å². The van der Waals surface area contributed by atoms with Crippen molar-refractivity contribution in [1.82, 2.24) is 9.80 Å². The van der Waals surface area contributed by atoms with Gasteiger partial charge in [-0.2, -0.15) is 0 Å². The third-order valence-electron chi connectivity index (χ3n) is 6.13. The molecule has 1 saturated heterocycles. The maximum atomic E-state index is 13.2. The van der Waals surface area contributed by atoms with Gasteiger partial charge in [0, 0.05) is 32.7 Å². The van der Waals surface area contributed by atoms with Crippen molar-refractivity contribution in [1.29, 1.82) is 0 Å². The molecule has 1 aromatic carbocycles. The minimum atomic E-state index is -0.296. The summed E-state index contributed by atoms with van der Waals surface area (Å²) >= 11 is 0. The van der Waals surface area contributed by atoms with E-state index in [0.717, 1.165) is 19.3 Å². The summed E-state index contributed by atoms with van der Waals surface area (Å²) in [6.07, 6.45) is 3.16. The standard InChI is InChI=1S/C22H29N3O5/c1-24(2)20(26)11-15-7-8-17-19(30-15)12-29-18-9-6-14(23-21(27)13-4-5-13)10-16(18)22(28)25(17)3/h6,9-10,13,15,17,19H,4-5,7-8,11-12H2,1-3H3,(H,23,27)/t15-,17+,19+/m1/s1. The lowest BCUT2D eigenvalue weighted by Gasteiger charge is -2.42. The summed E-state index contributed by atoms with van der Waals surface area (Å²) in [6, 6.07) is 5.05. The maximum absolute atomic E-state index is 13.2. The molecule has 8 heteroatoms. The van der Waals surface area contributed by atoms with Gasteiger partial charge in [0.2, 0.25) is 11.8 Å². The van der Waals surface area contributed by atoms with E-state index < -0.39 is 0 Å². The largest absolute Gasteiger partial charge is 0.490 e. The number of benzene rings is 1. The SMILES string of the molecule is CN(C)C(=O)C[C@H]1CC[C@H]2[C@H](COc3ccc(NC(=O)C4CC4)cc3C(=O)N2C)O1. The van der Waals surface area contributed by atoms with Gasteiger partial charge in [0.15, 0.2) is 0 Å². The first-order chi connectivity index (χ1) is 14.3. The number of rotatable bonds is 4. The molecule has 2 fully saturated rings. The molecule has 1 aromatic rings. The van der Waals surface area contributed by atoms with Crippen molar-refractivity contribution in [2.45, 2.75) is 50.4 Å². The molecule has 2 aliphatic heterocycles. The fourth-order valence-corrected chi connectivity index (χ4v) is 4.07. The normalized spacial score (nSPS) is 25.9. The highest BCUT2D eigenvalue weighted by Gasteiger charge is 2.39. The predicted molar refractivity (Wildman–Crippen MR) is 110 cm³/mol. The van der Waals surface area contributed by atoms with Crippen LogP contribution in [0.4, 0.5) is 5.69 Å². The van der Waals surface area contributed by atoms with Gasteiger partial charge in [0.1, 0.15) is 18.5 Å². The second kappa shape index (κ2) is 8.26. The molecule has 0 unspecified atom stereocenters. The molecule has 0 aromatic heterocycles. The fraction of sp³-hybridized carbons (Fsp3) is 0.591. The second-order valence-corrected chi connectivity index (χ2v) is 8.64. The molecule has 4 rings (SSSR count). The number of carbonyl (C=O) groups excluding carboxylic acids is 3. The average Bonchev–Trinajstić information content (AvgIpc) is 3.56. The molecule has 1 aliphatic carbocycles. The van der Waals surface area contributed by atoms with Crippen LogP contribution >= 0.6 is 0 Å². The fourth-order valence-electron chi connectivity index (χ4n) is 4.07. The molecule has 0 spiro atoms. The Morgan fingerprint density at radius 3 is 2.67 bits per heavy atom. The van der Waals surface area contributed by atoms with Gasteiger partial charge in [-0.15, -0.1) is 0 Å². The molecule has 1 saturated carbocycles. The van der Waals surface area contributed by atoms with E-state index in [4.69, 9.17) is 9.47 Å². The van der Waals surface area contributed by atoms with E-state index in [1.165, 1.54) is 0 Å². The molecule has 3 aliphatic rings. The van der Waals surface area contributed by atoms with Gasteiger partial charge < -0.3 is 24.6 Å². The molecule has 1 N–H and O–H groups in total. The van der Waals surface area contributed by atoms with Gasteiger partial charge in [-0.25, -0.2) is 0 Å². The van der Waals surface area contributed by atoms with E-state index in [0.29, 0.717) is 36.4 Å². The lowest BCUT2D eigenvalue weighted by atomic mass is 9.94. The van der Waals surface area contributed by atoms with E-state index in [1.807, 2.05) is 0 Å². The number of fused-ring (bicyclic) bond motifs is 2. The van der Waals surface area contributed by atoms with Crippen molar-refractivity contribution in [2.24, 2.45) is 5.92 Å². The smallest absolute Gasteiger partial charge is 0.257 e. The van der Waals surface area contributed by atoms with Gasteiger partial charge in [0.05, 0.1) is 24.1 Å². The van der Waals surface area contributed by atoms with Crippen LogP contribution in [0.25, 0.3) is 0 Å². The van der Waals surface area contributed by atoms with Crippen LogP contribution in [0.1, 0.15) is 42.5 Å². The van der Waals surface area contributed by atoms with E-state index in [-0.39, 0.29) is 41.9 Å². The van der Waals surface area contributed by atoms with E-state index >= 15 is 0 Å². The number of hydrogen-bond donors (Lipinski definition) is 1. The number of amides is 3. The summed E-state index contributed by atoms with van der Waals surface area (Å²) in [5.41, 5.74) is 1.05. The van der Waals surface area contributed by atoms with Crippen LogP contribution in [0.3, 0.4) is 0 Å². The number of nitrogens with zero attached hydrogens (tertiary/aromatic N) is 2. The van der Waals surface area contributed by atoms with Crippen LogP contribution in [0.2, 0.25) is 0 Å². The molecule has 0 bridgehead atoms. The van der Waals surface area contributed by atoms with Gasteiger partial charge in [-0.3, -0.25) is 14.4 Å². The van der Waals surface area contributed by atoms with Crippen molar-refractivity contribution in [3.63, 3.8) is 0 Å². The summed E-state index contributed by atoms with van der Waals surface area (Å²) in [5.74, 6) is 0.440. The molecular formula is C22H29N3O5. The Hall–Kier alpha value is -2.61. The van der Waals surface area contributed by atoms with Crippen molar-refractivity contribution in [2.75, 3.05) is 33.1 Å². The summed E-state index contributed by atoms with van der Waals surface area (Å²) in [7, 11) is 5.24. The Labute approximate surface area is 176 Å². The van der Waals surface area contributed by atoms with Crippen LogP contribution < -0.4 is 10.1 Å². The van der Waals surface area contributed by atoms with Gasteiger partial charge >= 0.3 is 0 Å². The second-order valence-electron chi connectivity index (χ2n) is 8.64. The van der Waals surface area contributed by atoms with Gasteiger partial charge in [0.25, 0.3) is 5.91 Å². The van der Waals surface area contributed by atoms with Crippen LogP contribution in [-0.2, 0) is 14.3 Å². The first kappa shape index (κ1) is 20.7. The lowest BCUT2D eigenvalue weighted by molar-refractivity contribution is -0.140. The summed E-state index contributed by atoms with van der Waals surface area (Å²) < 4.78 is 12.1. The molecule has 8 nitrogen and oxygen atoms in total. The Bertz CT molecular complexity index is 851. The Balaban J connectivity index is 1.49. The summed E-state index contributed by atoms with van der Waals surface area (Å²) in [6.45, 7) is 0.301. The number of hydrogen-bond acceptors (Lipinski definition) is 5. The third-order valence-corrected chi connectivity index (χ3v) is 6.13. The molecule has 2 heterocycles. The zero-order valence-corrected chi connectivity index (χ0v) is 17.7. The highest BCUT2D eigenvalue weighted by Crippen LogP contribution is 2.34. The predicted octanol–water partition coefficient (Wildman–Crippen LogP) is 1.89. The van der Waals surface area contributed by atoms with E-state index in [9.17, 15) is 14.4 Å². The third kappa shape index (κ3) is 4.28.